The van der Waals surface area contributed by atoms with Crippen LogP contribution in [0.15, 0.2) is 59.3 Å². The number of rotatable bonds is 5. The van der Waals surface area contributed by atoms with E-state index in [1.54, 1.807) is 12.4 Å². The Morgan fingerprint density at radius 2 is 2.06 bits per heavy atom. The van der Waals surface area contributed by atoms with Crippen LogP contribution in [-0.4, -0.2) is 35.7 Å². The van der Waals surface area contributed by atoms with Gasteiger partial charge in [0.15, 0.2) is 0 Å². The van der Waals surface area contributed by atoms with Gasteiger partial charge in [-0.3, -0.25) is 9.89 Å². The molecule has 154 valence electrons. The monoisotopic (exact) mass is 412 g/mol. The van der Waals surface area contributed by atoms with Crippen LogP contribution in [0.1, 0.15) is 11.3 Å². The van der Waals surface area contributed by atoms with Crippen LogP contribution in [0.3, 0.4) is 0 Å². The zero-order valence-electron chi connectivity index (χ0n) is 16.8. The van der Waals surface area contributed by atoms with Gasteiger partial charge in [-0.2, -0.15) is 10.2 Å². The predicted octanol–water partition coefficient (Wildman–Crippen LogP) is 2.24. The Morgan fingerprint density at radius 1 is 1.19 bits per heavy atom. The van der Waals surface area contributed by atoms with Gasteiger partial charge in [0.2, 0.25) is 0 Å². The summed E-state index contributed by atoms with van der Waals surface area (Å²) in [6, 6.07) is 9.67. The van der Waals surface area contributed by atoms with E-state index in [1.165, 1.54) is 10.8 Å². The lowest BCUT2D eigenvalue weighted by Gasteiger charge is -2.06. The third-order valence-electron chi connectivity index (χ3n) is 5.47. The summed E-state index contributed by atoms with van der Waals surface area (Å²) in [7, 11) is 1.83. The Kier molecular flexibility index (Phi) is 4.36. The van der Waals surface area contributed by atoms with E-state index in [0.29, 0.717) is 29.8 Å². The maximum Gasteiger partial charge on any atom is 0.291 e. The molecule has 4 heterocycles. The van der Waals surface area contributed by atoms with Crippen molar-refractivity contribution >= 4 is 39.1 Å². The molecule has 0 atom stereocenters. The molecule has 0 saturated heterocycles. The topological polar surface area (TPSA) is 131 Å². The first-order chi connectivity index (χ1) is 15.1. The minimum Gasteiger partial charge on any atom is -0.402 e. The van der Waals surface area contributed by atoms with Crippen LogP contribution >= 0.6 is 0 Å². The molecule has 0 bridgehead atoms. The number of H-pyrrole nitrogens is 1. The number of aryl methyl sites for hydroxylation is 1. The van der Waals surface area contributed by atoms with Crippen molar-refractivity contribution in [1.82, 2.24) is 29.5 Å². The first-order valence-corrected chi connectivity index (χ1v) is 9.77. The SMILES string of the molecule is Cn1c2nc(C/C(N)=C/C=N)ccc2c2cnn(Cc3cccc4[nH]ncc34)c(=O)c21. The van der Waals surface area contributed by atoms with E-state index < -0.39 is 0 Å². The number of pyridine rings is 1. The fourth-order valence-electron chi connectivity index (χ4n) is 3.97. The summed E-state index contributed by atoms with van der Waals surface area (Å²) in [4.78, 5) is 18.0. The number of nitrogens with two attached hydrogens (primary N) is 1. The molecule has 0 aliphatic carbocycles. The molecule has 0 saturated carbocycles. The number of fused-ring (bicyclic) bond motifs is 4. The average Bonchev–Trinajstić information content (AvgIpc) is 3.34. The number of hydrogen-bond donors (Lipinski definition) is 3. The van der Waals surface area contributed by atoms with Gasteiger partial charge >= 0.3 is 0 Å². The highest BCUT2D eigenvalue weighted by Gasteiger charge is 2.16. The molecule has 4 N–H and O–H groups in total. The quantitative estimate of drug-likeness (QED) is 0.381. The number of nitrogens with one attached hydrogen (secondary N) is 2. The Labute approximate surface area is 176 Å². The molecule has 9 nitrogen and oxygen atoms in total. The standard InChI is InChI=1S/C22H20N8O/c1-29-20-18(16-6-5-15(27-21(16)29)9-14(24)7-8-23)11-26-30(22(20)31)12-13-3-2-4-19-17(13)10-25-28-19/h2-8,10-11,23H,9,12,24H2,1H3,(H,25,28)/b14-7-,23-8?. The second-order valence-electron chi connectivity index (χ2n) is 7.44. The fraction of sp³-hybridized carbons (Fsp3) is 0.136. The predicted molar refractivity (Wildman–Crippen MR) is 120 cm³/mol. The molecule has 31 heavy (non-hydrogen) atoms. The number of benzene rings is 1. The first kappa shape index (κ1) is 18.7. The molecule has 0 amide bonds. The second-order valence-corrected chi connectivity index (χ2v) is 7.44. The number of aromatic nitrogens is 6. The Bertz CT molecular complexity index is 1550. The lowest BCUT2D eigenvalue weighted by atomic mass is 10.1. The van der Waals surface area contributed by atoms with Crippen molar-refractivity contribution in [2.24, 2.45) is 12.8 Å². The third kappa shape index (κ3) is 3.07. The highest BCUT2D eigenvalue weighted by Crippen LogP contribution is 2.25. The maximum absolute atomic E-state index is 13.3. The van der Waals surface area contributed by atoms with Gasteiger partial charge in [-0.25, -0.2) is 9.67 Å². The molecule has 0 aliphatic rings. The molecular weight excluding hydrogens is 392 g/mol. The van der Waals surface area contributed by atoms with Crippen molar-refractivity contribution in [2.45, 2.75) is 13.0 Å². The zero-order valence-corrected chi connectivity index (χ0v) is 16.8. The van der Waals surface area contributed by atoms with Crippen LogP contribution in [0, 0.1) is 5.41 Å². The van der Waals surface area contributed by atoms with Crippen LogP contribution in [0.25, 0.3) is 32.8 Å². The van der Waals surface area contributed by atoms with Crippen molar-refractivity contribution in [3.8, 4) is 0 Å². The summed E-state index contributed by atoms with van der Waals surface area (Å²) in [6.45, 7) is 0.344. The summed E-state index contributed by atoms with van der Waals surface area (Å²) < 4.78 is 3.28. The maximum atomic E-state index is 13.3. The molecular formula is C22H20N8O. The van der Waals surface area contributed by atoms with Gasteiger partial charge in [-0.15, -0.1) is 0 Å². The Hall–Kier alpha value is -4.27. The van der Waals surface area contributed by atoms with Crippen molar-refractivity contribution in [3.63, 3.8) is 0 Å². The van der Waals surface area contributed by atoms with Gasteiger partial charge in [-0.05, 0) is 29.8 Å². The van der Waals surface area contributed by atoms with Crippen LogP contribution in [-0.2, 0) is 20.0 Å². The van der Waals surface area contributed by atoms with Crippen molar-refractivity contribution in [1.29, 1.82) is 5.41 Å². The van der Waals surface area contributed by atoms with Crippen molar-refractivity contribution < 1.29 is 0 Å². The summed E-state index contributed by atoms with van der Waals surface area (Å²) in [6.07, 6.45) is 6.61. The van der Waals surface area contributed by atoms with E-state index in [0.717, 1.165) is 39.1 Å². The molecule has 0 aliphatic heterocycles. The van der Waals surface area contributed by atoms with Crippen molar-refractivity contribution in [3.05, 3.63) is 76.1 Å². The highest BCUT2D eigenvalue weighted by atomic mass is 16.1. The summed E-state index contributed by atoms with van der Waals surface area (Å²) >= 11 is 0. The molecule has 4 aromatic heterocycles. The smallest absolute Gasteiger partial charge is 0.291 e. The number of aromatic amines is 1. The van der Waals surface area contributed by atoms with Crippen molar-refractivity contribution in [2.75, 3.05) is 0 Å². The molecule has 5 aromatic rings. The normalized spacial score (nSPS) is 12.2. The number of allylic oxidation sites excluding steroid dienone is 2. The van der Waals surface area contributed by atoms with E-state index in [-0.39, 0.29) is 5.56 Å². The molecule has 0 radical (unpaired) electrons. The van der Waals surface area contributed by atoms with E-state index in [9.17, 15) is 4.79 Å². The van der Waals surface area contributed by atoms with E-state index in [2.05, 4.69) is 15.3 Å². The lowest BCUT2D eigenvalue weighted by molar-refractivity contribution is 0.647. The first-order valence-electron chi connectivity index (χ1n) is 9.77. The molecule has 0 spiro atoms. The van der Waals surface area contributed by atoms with Crippen LogP contribution in [0.2, 0.25) is 0 Å². The van der Waals surface area contributed by atoms with E-state index >= 15 is 0 Å². The second kappa shape index (κ2) is 7.21. The average molecular weight is 412 g/mol. The van der Waals surface area contributed by atoms with Gasteiger partial charge in [0.1, 0.15) is 11.2 Å². The Balaban J connectivity index is 1.62. The van der Waals surface area contributed by atoms with Gasteiger partial charge in [-0.1, -0.05) is 12.1 Å². The van der Waals surface area contributed by atoms with E-state index in [4.69, 9.17) is 16.1 Å². The minimum absolute atomic E-state index is 0.178. The summed E-state index contributed by atoms with van der Waals surface area (Å²) in [5.74, 6) is 0. The van der Waals surface area contributed by atoms with Gasteiger partial charge in [0.05, 0.1) is 24.5 Å². The zero-order chi connectivity index (χ0) is 21.5. The summed E-state index contributed by atoms with van der Waals surface area (Å²) in [5.41, 5.74) is 10.2. The fourth-order valence-corrected chi connectivity index (χ4v) is 3.97. The van der Waals surface area contributed by atoms with E-state index in [1.807, 2.05) is 41.9 Å². The number of hydrogen-bond acceptors (Lipinski definition) is 6. The Morgan fingerprint density at radius 3 is 2.90 bits per heavy atom. The van der Waals surface area contributed by atoms with Gasteiger partial charge < -0.3 is 15.7 Å². The van der Waals surface area contributed by atoms with Crippen LogP contribution in [0.5, 0.6) is 0 Å². The van der Waals surface area contributed by atoms with Crippen LogP contribution in [0.4, 0.5) is 0 Å². The van der Waals surface area contributed by atoms with Gasteiger partial charge in [0, 0.05) is 47.2 Å². The molecule has 1 aromatic carbocycles. The van der Waals surface area contributed by atoms with Gasteiger partial charge in [0.25, 0.3) is 5.56 Å². The summed E-state index contributed by atoms with van der Waals surface area (Å²) in [5, 5.41) is 21.2. The number of nitrogens with zero attached hydrogens (tertiary/aromatic N) is 5. The van der Waals surface area contributed by atoms with Crippen LogP contribution < -0.4 is 11.3 Å². The molecule has 0 fully saturated rings. The molecule has 9 heteroatoms. The molecule has 0 unspecified atom stereocenters. The lowest BCUT2D eigenvalue weighted by Crippen LogP contribution is -2.24. The third-order valence-corrected chi connectivity index (χ3v) is 5.47. The largest absolute Gasteiger partial charge is 0.402 e. The molecule has 5 rings (SSSR count). The highest BCUT2D eigenvalue weighted by molar-refractivity contribution is 6.05. The minimum atomic E-state index is -0.178.